The van der Waals surface area contributed by atoms with E-state index in [9.17, 15) is 4.79 Å². The van der Waals surface area contributed by atoms with Crippen molar-refractivity contribution >= 4 is 16.6 Å². The predicted molar refractivity (Wildman–Crippen MR) is 98.3 cm³/mol. The van der Waals surface area contributed by atoms with Crippen molar-refractivity contribution in [1.29, 1.82) is 0 Å². The highest BCUT2D eigenvalue weighted by molar-refractivity contribution is 5.93. The average molecular weight is 316 g/mol. The second-order valence-corrected chi connectivity index (χ2v) is 8.49. The lowest BCUT2D eigenvalue weighted by Crippen LogP contribution is -2.42. The smallest absolute Gasteiger partial charge is 0.144 e. The van der Waals surface area contributed by atoms with Crippen LogP contribution in [0.25, 0.3) is 10.8 Å². The second kappa shape index (κ2) is 4.81. The minimum atomic E-state index is -0.0690. The number of ketones is 1. The Morgan fingerprint density at radius 3 is 2.58 bits per heavy atom. The van der Waals surface area contributed by atoms with Crippen molar-refractivity contribution in [3.8, 4) is 0 Å². The number of benzene rings is 2. The molecular formula is C23H24O. The summed E-state index contributed by atoms with van der Waals surface area (Å²) in [6.07, 6.45) is 7.31. The van der Waals surface area contributed by atoms with Crippen LogP contribution < -0.4 is 0 Å². The molecule has 0 amide bonds. The van der Waals surface area contributed by atoms with Crippen LogP contribution in [-0.2, 0) is 17.6 Å². The summed E-state index contributed by atoms with van der Waals surface area (Å²) in [5.74, 6) is 1.63. The first-order chi connectivity index (χ1) is 11.5. The van der Waals surface area contributed by atoms with Crippen LogP contribution in [0.5, 0.6) is 0 Å². The summed E-state index contributed by atoms with van der Waals surface area (Å²) in [6, 6.07) is 11.4. The number of allylic oxidation sites excluding steroid dienone is 2. The van der Waals surface area contributed by atoms with Gasteiger partial charge in [0.1, 0.15) is 5.78 Å². The van der Waals surface area contributed by atoms with Gasteiger partial charge in [0.2, 0.25) is 0 Å². The molecule has 0 heterocycles. The highest BCUT2D eigenvalue weighted by atomic mass is 16.1. The molecule has 1 fully saturated rings. The third kappa shape index (κ3) is 1.90. The molecule has 2 aromatic rings. The second-order valence-electron chi connectivity index (χ2n) is 8.49. The Kier molecular flexibility index (Phi) is 2.90. The van der Waals surface area contributed by atoms with Crippen molar-refractivity contribution < 1.29 is 4.79 Å². The summed E-state index contributed by atoms with van der Waals surface area (Å²) in [4.78, 5) is 13.0. The summed E-state index contributed by atoms with van der Waals surface area (Å²) in [5.41, 5.74) is 5.57. The zero-order chi connectivity index (χ0) is 16.5. The van der Waals surface area contributed by atoms with Crippen LogP contribution in [0.3, 0.4) is 0 Å². The van der Waals surface area contributed by atoms with E-state index in [2.05, 4.69) is 50.3 Å². The van der Waals surface area contributed by atoms with Gasteiger partial charge in [-0.2, -0.15) is 0 Å². The van der Waals surface area contributed by atoms with E-state index in [1.165, 1.54) is 33.9 Å². The van der Waals surface area contributed by atoms with Gasteiger partial charge in [-0.3, -0.25) is 4.79 Å². The van der Waals surface area contributed by atoms with E-state index >= 15 is 0 Å². The minimum Gasteiger partial charge on any atom is -0.299 e. The summed E-state index contributed by atoms with van der Waals surface area (Å²) >= 11 is 0. The Morgan fingerprint density at radius 1 is 1.04 bits per heavy atom. The van der Waals surface area contributed by atoms with Gasteiger partial charge < -0.3 is 0 Å². The number of hydrogen-bond acceptors (Lipinski definition) is 1. The summed E-state index contributed by atoms with van der Waals surface area (Å²) in [7, 11) is 0. The van der Waals surface area contributed by atoms with Gasteiger partial charge in [0.25, 0.3) is 0 Å². The molecule has 1 heteroatoms. The van der Waals surface area contributed by atoms with Crippen molar-refractivity contribution in [2.45, 2.75) is 51.9 Å². The monoisotopic (exact) mass is 316 g/mol. The number of rotatable bonds is 1. The molecule has 0 radical (unpaired) electrons. The highest BCUT2D eigenvalue weighted by Gasteiger charge is 2.53. The lowest BCUT2D eigenvalue weighted by atomic mass is 9.63. The first kappa shape index (κ1) is 14.5. The lowest BCUT2D eigenvalue weighted by molar-refractivity contribution is -0.131. The molecule has 1 saturated carbocycles. The lowest BCUT2D eigenvalue weighted by Gasteiger charge is -2.39. The van der Waals surface area contributed by atoms with Crippen molar-refractivity contribution in [2.24, 2.45) is 11.3 Å². The molecule has 2 bridgehead atoms. The Labute approximate surface area is 143 Å². The van der Waals surface area contributed by atoms with Gasteiger partial charge in [-0.15, -0.1) is 0 Å². The fourth-order valence-corrected chi connectivity index (χ4v) is 5.33. The van der Waals surface area contributed by atoms with Crippen molar-refractivity contribution in [3.05, 3.63) is 58.7 Å². The quantitative estimate of drug-likeness (QED) is 0.647. The Hall–Kier alpha value is -1.89. The minimum absolute atomic E-state index is 0.0690. The number of carbonyl (C=O) groups is 1. The molecule has 3 aliphatic rings. The average Bonchev–Trinajstić information content (AvgIpc) is 3.15. The summed E-state index contributed by atoms with van der Waals surface area (Å²) in [5, 5.41) is 2.62. The molecule has 2 atom stereocenters. The van der Waals surface area contributed by atoms with E-state index in [4.69, 9.17) is 0 Å². The molecule has 0 aromatic heterocycles. The van der Waals surface area contributed by atoms with Gasteiger partial charge in [-0.25, -0.2) is 0 Å². The Morgan fingerprint density at radius 2 is 1.88 bits per heavy atom. The largest absolute Gasteiger partial charge is 0.299 e. The standard InChI is InChI=1S/C23H24O/c1-14(2)16-4-5-17-9-19-11-22(24)23(12-15-3-6-21(23)7-15)13-20(19)10-18(17)8-16/h3-5,8-10,14,21H,6-7,11-13H2,1-2H3. The summed E-state index contributed by atoms with van der Waals surface area (Å²) in [6.45, 7) is 4.49. The summed E-state index contributed by atoms with van der Waals surface area (Å²) < 4.78 is 0. The van der Waals surface area contributed by atoms with Crippen molar-refractivity contribution in [1.82, 2.24) is 0 Å². The van der Waals surface area contributed by atoms with Gasteiger partial charge in [0.15, 0.2) is 0 Å². The maximum Gasteiger partial charge on any atom is 0.144 e. The fourth-order valence-electron chi connectivity index (χ4n) is 5.33. The van der Waals surface area contributed by atoms with Gasteiger partial charge in [-0.1, -0.05) is 55.8 Å². The molecule has 3 aliphatic carbocycles. The van der Waals surface area contributed by atoms with E-state index in [1.807, 2.05) is 0 Å². The zero-order valence-corrected chi connectivity index (χ0v) is 14.6. The molecule has 5 rings (SSSR count). The molecule has 1 spiro atoms. The third-order valence-electron chi connectivity index (χ3n) is 6.79. The Balaban J connectivity index is 1.62. The fraction of sp³-hybridized carbons (Fsp3) is 0.435. The predicted octanol–water partition coefficient (Wildman–Crippen LogP) is 5.36. The number of carbonyl (C=O) groups excluding carboxylic acids is 1. The molecule has 0 N–H and O–H groups in total. The van der Waals surface area contributed by atoms with E-state index in [0.717, 1.165) is 19.3 Å². The first-order valence-corrected chi connectivity index (χ1v) is 9.32. The van der Waals surface area contributed by atoms with Crippen LogP contribution in [0.15, 0.2) is 42.0 Å². The zero-order valence-electron chi connectivity index (χ0n) is 14.6. The molecule has 122 valence electrons. The number of Topliss-reactive ketones (excluding diaryl/α,β-unsaturated/α-hetero) is 1. The number of hydrogen-bond donors (Lipinski definition) is 0. The van der Waals surface area contributed by atoms with Crippen LogP contribution >= 0.6 is 0 Å². The van der Waals surface area contributed by atoms with Gasteiger partial charge >= 0.3 is 0 Å². The van der Waals surface area contributed by atoms with E-state index in [0.29, 0.717) is 24.0 Å². The van der Waals surface area contributed by atoms with Gasteiger partial charge in [0.05, 0.1) is 0 Å². The molecular weight excluding hydrogens is 292 g/mol. The number of fused-ring (bicyclic) bond motifs is 5. The van der Waals surface area contributed by atoms with Crippen LogP contribution in [0.1, 0.15) is 55.7 Å². The van der Waals surface area contributed by atoms with Crippen LogP contribution in [0.2, 0.25) is 0 Å². The molecule has 1 nitrogen and oxygen atoms in total. The van der Waals surface area contributed by atoms with E-state index in [-0.39, 0.29) is 5.41 Å². The van der Waals surface area contributed by atoms with Crippen LogP contribution in [0, 0.1) is 11.3 Å². The maximum atomic E-state index is 13.0. The van der Waals surface area contributed by atoms with E-state index < -0.39 is 0 Å². The van der Waals surface area contributed by atoms with Gasteiger partial charge in [-0.05, 0) is 65.0 Å². The molecule has 2 unspecified atom stereocenters. The van der Waals surface area contributed by atoms with E-state index in [1.54, 1.807) is 5.57 Å². The Bertz CT molecular complexity index is 902. The molecule has 2 aromatic carbocycles. The van der Waals surface area contributed by atoms with Crippen molar-refractivity contribution in [2.75, 3.05) is 0 Å². The SMILES string of the molecule is CC(C)c1ccc2cc3c(cc2c1)CC1(CC2=CCC1C2)C(=O)C3. The van der Waals surface area contributed by atoms with Gasteiger partial charge in [0, 0.05) is 11.8 Å². The molecule has 0 saturated heterocycles. The molecule has 24 heavy (non-hydrogen) atoms. The third-order valence-corrected chi connectivity index (χ3v) is 6.79. The van der Waals surface area contributed by atoms with Crippen LogP contribution in [-0.4, -0.2) is 5.78 Å². The first-order valence-electron chi connectivity index (χ1n) is 9.32. The highest BCUT2D eigenvalue weighted by Crippen LogP contribution is 2.57. The molecule has 0 aliphatic heterocycles. The van der Waals surface area contributed by atoms with Crippen molar-refractivity contribution in [3.63, 3.8) is 0 Å². The maximum absolute atomic E-state index is 13.0. The normalized spacial score (nSPS) is 28.0. The topological polar surface area (TPSA) is 17.1 Å². The van der Waals surface area contributed by atoms with Crippen LogP contribution in [0.4, 0.5) is 0 Å².